The summed E-state index contributed by atoms with van der Waals surface area (Å²) in [5.74, 6) is -5.71. The van der Waals surface area contributed by atoms with E-state index in [1.165, 1.54) is 6.07 Å². The summed E-state index contributed by atoms with van der Waals surface area (Å²) in [7, 11) is 0. The zero-order valence-electron chi connectivity index (χ0n) is 18.3. The third-order valence-corrected chi connectivity index (χ3v) is 5.29. The van der Waals surface area contributed by atoms with Crippen molar-refractivity contribution in [3.8, 4) is 11.4 Å². The maximum Gasteiger partial charge on any atom is 0.462 e. The summed E-state index contributed by atoms with van der Waals surface area (Å²) in [6, 6.07) is 9.99. The summed E-state index contributed by atoms with van der Waals surface area (Å²) >= 11 is 5.85. The molecule has 12 heteroatoms. The normalized spacial score (nSPS) is 12.9. The van der Waals surface area contributed by atoms with Gasteiger partial charge in [0.1, 0.15) is 12.4 Å². The summed E-state index contributed by atoms with van der Waals surface area (Å²) in [5, 5.41) is 3.54. The number of benzene rings is 2. The molecule has 1 N–H and O–H groups in total. The number of nitrogens with one attached hydrogen (secondary N) is 1. The molecule has 3 rings (SSSR count). The van der Waals surface area contributed by atoms with E-state index in [2.05, 4.69) is 5.10 Å². The molecule has 0 atom stereocenters. The van der Waals surface area contributed by atoms with Crippen molar-refractivity contribution in [2.24, 2.45) is 5.10 Å². The van der Waals surface area contributed by atoms with Crippen LogP contribution in [0.4, 0.5) is 30.7 Å². The number of nitrogens with zero attached hydrogens (tertiary/aromatic N) is 2. The van der Waals surface area contributed by atoms with Gasteiger partial charge in [0.05, 0.1) is 6.21 Å². The predicted molar refractivity (Wildman–Crippen MR) is 118 cm³/mol. The van der Waals surface area contributed by atoms with Gasteiger partial charge in [0, 0.05) is 27.7 Å². The molecule has 1 aromatic heterocycles. The highest BCUT2D eigenvalue weighted by molar-refractivity contribution is 6.30. The van der Waals surface area contributed by atoms with Crippen molar-refractivity contribution in [2.75, 3.05) is 0 Å². The quantitative estimate of drug-likeness (QED) is 0.149. The van der Waals surface area contributed by atoms with Crippen LogP contribution < -0.4 is 10.2 Å². The standard InChI is InChI=1S/C23H19ClF7N3O/c1-14-11-17(12-32-33-23(30,31)21(25,26)22(27,28)29)15(2)34(14)19-7-9-20(10-8-19)35-13-16-3-5-18(24)6-4-16/h3-12,33H,13H2,1-2H3/b32-12-. The molecule has 0 aliphatic carbocycles. The number of ether oxygens (including phenoxy) is 1. The van der Waals surface area contributed by atoms with Gasteiger partial charge in [-0.05, 0) is 61.9 Å². The van der Waals surface area contributed by atoms with Crippen LogP contribution in [0.25, 0.3) is 5.69 Å². The Hall–Kier alpha value is -3.21. The monoisotopic (exact) mass is 521 g/mol. The highest BCUT2D eigenvalue weighted by Gasteiger charge is 2.73. The Kier molecular flexibility index (Phi) is 7.39. The second-order valence-electron chi connectivity index (χ2n) is 7.59. The van der Waals surface area contributed by atoms with E-state index in [-0.39, 0.29) is 5.56 Å². The number of aryl methyl sites for hydroxylation is 1. The summed E-state index contributed by atoms with van der Waals surface area (Å²) in [5.41, 5.74) is 3.60. The number of rotatable bonds is 8. The molecule has 0 amide bonds. The van der Waals surface area contributed by atoms with Crippen LogP contribution in [-0.4, -0.2) is 28.9 Å². The summed E-state index contributed by atoms with van der Waals surface area (Å²) in [6.07, 6.45) is -5.69. The number of aromatic nitrogens is 1. The van der Waals surface area contributed by atoms with Crippen molar-refractivity contribution in [1.29, 1.82) is 0 Å². The van der Waals surface area contributed by atoms with Gasteiger partial charge in [-0.1, -0.05) is 23.7 Å². The Morgan fingerprint density at radius 2 is 1.54 bits per heavy atom. The van der Waals surface area contributed by atoms with Gasteiger partial charge in [-0.15, -0.1) is 0 Å². The maximum atomic E-state index is 13.4. The van der Waals surface area contributed by atoms with Crippen molar-refractivity contribution in [3.05, 3.63) is 82.1 Å². The SMILES string of the molecule is Cc1cc(/C=N\NC(F)(F)C(F)(F)C(F)(F)F)c(C)n1-c1ccc(OCc2ccc(Cl)cc2)cc1. The molecular formula is C23H19ClF7N3O. The smallest absolute Gasteiger partial charge is 0.462 e. The van der Waals surface area contributed by atoms with Gasteiger partial charge in [0.2, 0.25) is 0 Å². The molecule has 35 heavy (non-hydrogen) atoms. The first kappa shape index (κ1) is 26.4. The van der Waals surface area contributed by atoms with Crippen molar-refractivity contribution in [2.45, 2.75) is 38.6 Å². The van der Waals surface area contributed by atoms with E-state index in [0.717, 1.165) is 11.8 Å². The number of halogens is 8. The van der Waals surface area contributed by atoms with Crippen LogP contribution in [0.3, 0.4) is 0 Å². The number of alkyl halides is 7. The fourth-order valence-corrected chi connectivity index (χ4v) is 3.31. The Balaban J connectivity index is 1.72. The average Bonchev–Trinajstić information content (AvgIpc) is 3.06. The van der Waals surface area contributed by atoms with Gasteiger partial charge >= 0.3 is 18.1 Å². The minimum atomic E-state index is -6.44. The molecule has 0 saturated heterocycles. The van der Waals surface area contributed by atoms with Gasteiger partial charge in [0.25, 0.3) is 0 Å². The molecule has 3 aromatic rings. The summed E-state index contributed by atoms with van der Waals surface area (Å²) in [4.78, 5) is 0. The number of hydrogen-bond acceptors (Lipinski definition) is 3. The molecule has 0 radical (unpaired) electrons. The first-order valence-electron chi connectivity index (χ1n) is 10.0. The second kappa shape index (κ2) is 9.80. The van der Waals surface area contributed by atoms with Crippen LogP contribution in [0.15, 0.2) is 59.7 Å². The molecule has 0 fully saturated rings. The third kappa shape index (κ3) is 5.72. The van der Waals surface area contributed by atoms with Gasteiger partial charge in [0.15, 0.2) is 0 Å². The van der Waals surface area contributed by atoms with Crippen LogP contribution >= 0.6 is 11.6 Å². The van der Waals surface area contributed by atoms with E-state index in [1.54, 1.807) is 54.8 Å². The molecule has 0 aliphatic heterocycles. The van der Waals surface area contributed by atoms with Gasteiger partial charge in [-0.2, -0.15) is 35.8 Å². The topological polar surface area (TPSA) is 38.5 Å². The van der Waals surface area contributed by atoms with Crippen LogP contribution in [0.1, 0.15) is 22.5 Å². The van der Waals surface area contributed by atoms with Crippen LogP contribution in [0.2, 0.25) is 5.02 Å². The highest BCUT2D eigenvalue weighted by Crippen LogP contribution is 2.45. The van der Waals surface area contributed by atoms with Crippen LogP contribution in [-0.2, 0) is 6.61 Å². The molecule has 188 valence electrons. The average molecular weight is 522 g/mol. The zero-order chi connectivity index (χ0) is 26.0. The Morgan fingerprint density at radius 3 is 2.11 bits per heavy atom. The van der Waals surface area contributed by atoms with E-state index >= 15 is 0 Å². The van der Waals surface area contributed by atoms with Crippen molar-refractivity contribution < 1.29 is 35.5 Å². The van der Waals surface area contributed by atoms with Gasteiger partial charge in [-0.3, -0.25) is 0 Å². The van der Waals surface area contributed by atoms with Crippen LogP contribution in [0.5, 0.6) is 5.75 Å². The fourth-order valence-electron chi connectivity index (χ4n) is 3.19. The highest BCUT2D eigenvalue weighted by atomic mass is 35.5. The van der Waals surface area contributed by atoms with E-state index < -0.39 is 18.1 Å². The number of hydrogen-bond donors (Lipinski definition) is 1. The third-order valence-electron chi connectivity index (χ3n) is 5.04. The fraction of sp³-hybridized carbons (Fsp3) is 0.261. The molecule has 0 spiro atoms. The molecule has 1 heterocycles. The Morgan fingerprint density at radius 1 is 0.943 bits per heavy atom. The summed E-state index contributed by atoms with van der Waals surface area (Å²) < 4.78 is 96.8. The molecule has 0 saturated carbocycles. The Bertz CT molecular complexity index is 1190. The van der Waals surface area contributed by atoms with E-state index in [4.69, 9.17) is 16.3 Å². The molecule has 0 unspecified atom stereocenters. The second-order valence-corrected chi connectivity index (χ2v) is 8.02. The lowest BCUT2D eigenvalue weighted by Gasteiger charge is -2.27. The molecular weight excluding hydrogens is 503 g/mol. The largest absolute Gasteiger partial charge is 0.489 e. The van der Waals surface area contributed by atoms with E-state index in [9.17, 15) is 30.7 Å². The Labute approximate surface area is 201 Å². The number of hydrazone groups is 1. The first-order chi connectivity index (χ1) is 16.2. The molecule has 0 bridgehead atoms. The predicted octanol–water partition coefficient (Wildman–Crippen LogP) is 7.04. The van der Waals surface area contributed by atoms with E-state index in [0.29, 0.717) is 39.9 Å². The van der Waals surface area contributed by atoms with Gasteiger partial charge in [-0.25, -0.2) is 5.43 Å². The van der Waals surface area contributed by atoms with Crippen LogP contribution in [0, 0.1) is 13.8 Å². The molecule has 0 aliphatic rings. The maximum absolute atomic E-state index is 13.4. The minimum absolute atomic E-state index is 0.240. The molecule has 4 nitrogen and oxygen atoms in total. The van der Waals surface area contributed by atoms with Crippen molar-refractivity contribution in [1.82, 2.24) is 9.99 Å². The lowest BCUT2D eigenvalue weighted by atomic mass is 10.2. The lowest BCUT2D eigenvalue weighted by Crippen LogP contribution is -2.58. The van der Waals surface area contributed by atoms with Crippen molar-refractivity contribution in [3.63, 3.8) is 0 Å². The zero-order valence-corrected chi connectivity index (χ0v) is 19.1. The molecule has 2 aromatic carbocycles. The van der Waals surface area contributed by atoms with E-state index in [1.807, 2.05) is 12.1 Å². The first-order valence-corrected chi connectivity index (χ1v) is 10.4. The van der Waals surface area contributed by atoms with Crippen molar-refractivity contribution >= 4 is 17.8 Å². The lowest BCUT2D eigenvalue weighted by molar-refractivity contribution is -0.361. The minimum Gasteiger partial charge on any atom is -0.489 e. The summed E-state index contributed by atoms with van der Waals surface area (Å²) in [6.45, 7) is 3.64. The van der Waals surface area contributed by atoms with Gasteiger partial charge < -0.3 is 9.30 Å².